The fraction of sp³-hybridized carbons (Fsp3) is 0.282. The Kier molecular flexibility index (Phi) is 32.1. The molecular formula is C85H82Cl3F4N11O20. The van der Waals surface area contributed by atoms with Crippen LogP contribution < -0.4 is 38.6 Å². The van der Waals surface area contributed by atoms with Gasteiger partial charge in [-0.2, -0.15) is 10.2 Å². The number of Topliss-reactive ketones (excluding diaryl/α,β-unsaturated/α-hetero) is 2. The van der Waals surface area contributed by atoms with E-state index in [0.717, 1.165) is 142 Å². The number of aromatic carboxylic acids is 1. The number of amides is 1. The van der Waals surface area contributed by atoms with Gasteiger partial charge in [-0.25, -0.2) is 22.4 Å². The van der Waals surface area contributed by atoms with Crippen molar-refractivity contribution < 1.29 is 94.8 Å². The van der Waals surface area contributed by atoms with Gasteiger partial charge in [0.2, 0.25) is 5.91 Å². The number of nitro groups is 4. The van der Waals surface area contributed by atoms with Crippen LogP contribution in [0.25, 0.3) is 22.5 Å². The third kappa shape index (κ3) is 23.0. The first-order valence-corrected chi connectivity index (χ1v) is 38.6. The number of carbonyl (C=O) groups excluding carboxylic acids is 4. The molecule has 3 aliphatic carbocycles. The molecule has 0 spiro atoms. The van der Waals surface area contributed by atoms with Crippen molar-refractivity contribution in [3.63, 3.8) is 0 Å². The molecule has 13 rings (SSSR count). The van der Waals surface area contributed by atoms with Gasteiger partial charge in [-0.15, -0.1) is 0 Å². The van der Waals surface area contributed by atoms with E-state index in [9.17, 15) is 82.0 Å². The zero-order valence-electron chi connectivity index (χ0n) is 67.5. The van der Waals surface area contributed by atoms with Gasteiger partial charge in [0, 0.05) is 84.1 Å². The molecule has 1 saturated carbocycles. The number of anilines is 2. The lowest BCUT2D eigenvalue weighted by Crippen LogP contribution is -2.30. The lowest BCUT2D eigenvalue weighted by molar-refractivity contribution is -0.385. The number of carbonyl (C=O) groups is 5. The Bertz CT molecular complexity index is 5550. The molecule has 10 aromatic rings. The number of carboxylic acid groups (broad SMARTS) is 1. The highest BCUT2D eigenvalue weighted by molar-refractivity contribution is 6.68. The summed E-state index contributed by atoms with van der Waals surface area (Å²) in [6.07, 6.45) is 6.74. The van der Waals surface area contributed by atoms with Gasteiger partial charge in [0.1, 0.15) is 80.4 Å². The molecule has 4 atom stereocenters. The maximum Gasteiger partial charge on any atom is 0.342 e. The number of halogens is 7. The molecule has 0 aliphatic heterocycles. The highest BCUT2D eigenvalue weighted by Gasteiger charge is 2.39. The molecule has 1 fully saturated rings. The van der Waals surface area contributed by atoms with Gasteiger partial charge in [-0.05, 0) is 203 Å². The summed E-state index contributed by atoms with van der Waals surface area (Å²) in [7, 11) is 15.6. The Morgan fingerprint density at radius 3 is 1.41 bits per heavy atom. The molecule has 4 unspecified atom stereocenters. The SMILES string of the molecule is C=CC(=O)Nc1cc(N(C)CCN(C)C)ccc1-c1n[nH]c2c1CCC(c1c(Cl)c(OC)cc(OC)c1Cl)C2.COc1cc(OC)cc(C2CCC(C(=O)c3ccc(F)cc3[N+](=O)[O-])C(=O)C2)c1.COc1cc(OC)cc(C2CCc3c(-c4ccc(F)cc4[N+](=O)[O-])n[nH]c3C2)c1.O=C(Cl)c1ccc(F)cc1[N+](=O)[O-].O=C(O)c1ccc(F)cc1[N+](=O)[O-]. The lowest BCUT2D eigenvalue weighted by Gasteiger charge is -2.27. The number of likely N-dealkylation sites (N-methyl/N-ethyl adjacent to an activating group) is 2. The van der Waals surface area contributed by atoms with Crippen molar-refractivity contribution in [3.05, 3.63) is 276 Å². The summed E-state index contributed by atoms with van der Waals surface area (Å²) in [5.41, 5.74) is 7.70. The topological polar surface area (TPSA) is 409 Å². The van der Waals surface area contributed by atoms with E-state index in [1.54, 1.807) is 40.6 Å². The number of nitro benzene ring substituents is 4. The number of benzene rings is 8. The number of nitrogens with one attached hydrogen (secondary N) is 3. The van der Waals surface area contributed by atoms with E-state index in [1.807, 2.05) is 63.6 Å². The summed E-state index contributed by atoms with van der Waals surface area (Å²) in [6, 6.07) is 30.2. The summed E-state index contributed by atoms with van der Waals surface area (Å²) >= 11 is 18.5. The number of hydrogen-bond donors (Lipinski definition) is 4. The minimum absolute atomic E-state index is 0.0578. The van der Waals surface area contributed by atoms with Gasteiger partial charge in [0.15, 0.2) is 5.78 Å². The lowest BCUT2D eigenvalue weighted by atomic mass is 9.75. The number of carboxylic acids is 1. The second-order valence-electron chi connectivity index (χ2n) is 28.3. The molecule has 2 aromatic heterocycles. The number of fused-ring (bicyclic) bond motifs is 2. The maximum absolute atomic E-state index is 13.5. The van der Waals surface area contributed by atoms with Crippen molar-refractivity contribution in [1.29, 1.82) is 0 Å². The first-order chi connectivity index (χ1) is 58.5. The highest BCUT2D eigenvalue weighted by Crippen LogP contribution is 2.49. The van der Waals surface area contributed by atoms with E-state index in [2.05, 4.69) is 43.1 Å². The van der Waals surface area contributed by atoms with Crippen LogP contribution in [0.15, 0.2) is 146 Å². The predicted octanol–water partition coefficient (Wildman–Crippen LogP) is 17.8. The van der Waals surface area contributed by atoms with Crippen LogP contribution in [-0.4, -0.2) is 156 Å². The van der Waals surface area contributed by atoms with Crippen LogP contribution in [0, 0.1) is 69.6 Å². The molecule has 0 bridgehead atoms. The van der Waals surface area contributed by atoms with E-state index in [4.69, 9.17) is 73.4 Å². The quantitative estimate of drug-likeness (QED) is 0.00785. The second kappa shape index (κ2) is 42.2. The minimum atomic E-state index is -1.45. The molecule has 0 radical (unpaired) electrons. The first-order valence-electron chi connectivity index (χ1n) is 37.4. The Morgan fingerprint density at radius 2 is 0.959 bits per heavy atom. The number of ether oxygens (including phenoxy) is 6. The molecule has 4 N–H and O–H groups in total. The van der Waals surface area contributed by atoms with Crippen molar-refractivity contribution in [2.45, 2.75) is 75.5 Å². The molecule has 3 aliphatic rings. The van der Waals surface area contributed by atoms with Crippen molar-refractivity contribution in [1.82, 2.24) is 25.3 Å². The molecule has 1 amide bonds. The number of hydrogen-bond acceptors (Lipinski definition) is 23. The molecule has 31 nitrogen and oxygen atoms in total. The summed E-state index contributed by atoms with van der Waals surface area (Å²) in [5.74, 6) is -2.77. The van der Waals surface area contributed by atoms with Crippen molar-refractivity contribution in [3.8, 4) is 57.0 Å². The molecule has 8 aromatic carbocycles. The molecule has 38 heteroatoms. The molecule has 646 valence electrons. The Labute approximate surface area is 715 Å². The first kappa shape index (κ1) is 93.5. The second-order valence-corrected chi connectivity index (χ2v) is 29.4. The van der Waals surface area contributed by atoms with Gasteiger partial charge in [0.05, 0.1) is 125 Å². The molecule has 123 heavy (non-hydrogen) atoms. The van der Waals surface area contributed by atoms with Crippen LogP contribution in [0.5, 0.6) is 34.5 Å². The molecule has 0 saturated heterocycles. The normalized spacial score (nSPS) is 14.8. The average Bonchev–Trinajstić information content (AvgIpc) is 1.70. The zero-order chi connectivity index (χ0) is 90.0. The third-order valence-electron chi connectivity index (χ3n) is 20.6. The van der Waals surface area contributed by atoms with Gasteiger partial charge in [-0.1, -0.05) is 29.8 Å². The fourth-order valence-corrected chi connectivity index (χ4v) is 15.2. The summed E-state index contributed by atoms with van der Waals surface area (Å²) in [6.45, 7) is 5.37. The number of rotatable bonds is 25. The standard InChI is InChI=1S/C29H35Cl2N5O3.C21H20FN3O4.C21H20FNO6.C7H3ClFNO3.C7H4FNO4/c1-7-25(37)32-21-15-18(36(4)13-12-35(2)3)9-11-19(21)29-20-10-8-17(14-22(20)33-34-29)26-27(30)23(38-5)16-24(39-6)28(26)31;1-28-15-7-13(8-16(11-15)29-2)12-3-5-17-19(9-12)23-24-21(17)18-6-4-14(22)10-20(18)25(26)27;1-28-15-7-13(8-16(11-15)29-2)12-3-5-18(20(24)9-12)21(25)17-6-4-14(22)10-19(17)23(26)27;8-7(11)5-2-1-4(9)3-6(5)10(12)13;8-4-1-2-5(7(10)11)6(3-4)9(12)13/h7,9,11,15-17H,1,8,10,12-14H2,2-6H3,(H,32,37)(H,33,34);4,6-8,10-12H,3,5,9H2,1-2H3,(H,23,24);4,6-8,10-12,18H,3,5,9H2,1-2H3;1-3H;1-3H,(H,10,11). The largest absolute Gasteiger partial charge is 0.497 e. The Hall–Kier alpha value is -13.4. The van der Waals surface area contributed by atoms with Crippen LogP contribution in [0.4, 0.5) is 51.7 Å². The zero-order valence-corrected chi connectivity index (χ0v) is 69.8. The van der Waals surface area contributed by atoms with Gasteiger partial charge in [-0.3, -0.25) is 69.8 Å². The van der Waals surface area contributed by atoms with Crippen LogP contribution >= 0.6 is 34.8 Å². The molecule has 2 heterocycles. The Morgan fingerprint density at radius 1 is 0.537 bits per heavy atom. The van der Waals surface area contributed by atoms with E-state index >= 15 is 0 Å². The van der Waals surface area contributed by atoms with Gasteiger partial charge in [0.25, 0.3) is 28.0 Å². The van der Waals surface area contributed by atoms with E-state index in [0.29, 0.717) is 93.9 Å². The minimum Gasteiger partial charge on any atom is -0.497 e. The van der Waals surface area contributed by atoms with E-state index in [-0.39, 0.29) is 59.1 Å². The number of aromatic nitrogens is 4. The maximum atomic E-state index is 13.5. The fourth-order valence-electron chi connectivity index (χ4n) is 14.3. The van der Waals surface area contributed by atoms with E-state index < -0.39 is 88.5 Å². The van der Waals surface area contributed by atoms with Crippen LogP contribution in [0.1, 0.15) is 120 Å². The van der Waals surface area contributed by atoms with Crippen LogP contribution in [0.2, 0.25) is 10.0 Å². The van der Waals surface area contributed by atoms with Gasteiger partial charge < -0.3 is 48.6 Å². The number of ketones is 2. The van der Waals surface area contributed by atoms with Crippen LogP contribution in [-0.2, 0) is 35.3 Å². The number of aromatic amines is 2. The number of H-pyrrole nitrogens is 2. The van der Waals surface area contributed by atoms with Crippen molar-refractivity contribution in [2.75, 3.05) is 87.1 Å². The van der Waals surface area contributed by atoms with Gasteiger partial charge >= 0.3 is 5.97 Å². The predicted molar refractivity (Wildman–Crippen MR) is 449 cm³/mol. The highest BCUT2D eigenvalue weighted by atomic mass is 35.5. The van der Waals surface area contributed by atoms with Crippen molar-refractivity contribution in [2.24, 2.45) is 5.92 Å². The average molecular weight is 1760 g/mol. The van der Waals surface area contributed by atoms with Crippen molar-refractivity contribution >= 4 is 97.6 Å². The number of methoxy groups -OCH3 is 6. The molecular weight excluding hydrogens is 1680 g/mol. The van der Waals surface area contributed by atoms with Crippen LogP contribution in [0.3, 0.4) is 0 Å². The van der Waals surface area contributed by atoms with E-state index in [1.165, 1.54) is 32.4 Å². The summed E-state index contributed by atoms with van der Waals surface area (Å²) < 4.78 is 84.1. The summed E-state index contributed by atoms with van der Waals surface area (Å²) in [5, 5.41) is 69.9. The number of nitrogens with zero attached hydrogens (tertiary/aromatic N) is 8. The Balaban J connectivity index is 0.000000184. The summed E-state index contributed by atoms with van der Waals surface area (Å²) in [4.78, 5) is 103. The smallest absolute Gasteiger partial charge is 0.342 e. The monoisotopic (exact) mass is 1760 g/mol. The third-order valence-corrected chi connectivity index (χ3v) is 21.6.